The van der Waals surface area contributed by atoms with E-state index in [1.165, 1.54) is 0 Å². The highest BCUT2D eigenvalue weighted by atomic mass is 16.6. The van der Waals surface area contributed by atoms with Crippen molar-refractivity contribution in [2.24, 2.45) is 4.99 Å². The van der Waals surface area contributed by atoms with Gasteiger partial charge in [0.05, 0.1) is 17.8 Å². The van der Waals surface area contributed by atoms with Crippen molar-refractivity contribution in [3.05, 3.63) is 24.2 Å². The summed E-state index contributed by atoms with van der Waals surface area (Å²) in [6, 6.07) is 4.00. The Morgan fingerprint density at radius 3 is 2.34 bits per heavy atom. The molecule has 1 aromatic heterocycles. The van der Waals surface area contributed by atoms with Crippen LogP contribution in [0.2, 0.25) is 0 Å². The third-order valence-corrected chi connectivity index (χ3v) is 4.35. The van der Waals surface area contributed by atoms with Crippen LogP contribution in [0.4, 0.5) is 4.79 Å². The molecule has 1 aromatic rings. The largest absolute Gasteiger partial charge is 0.468 e. The topological polar surface area (TPSA) is 91.1 Å². The number of carbonyl (C=O) groups is 1. The lowest BCUT2D eigenvalue weighted by Gasteiger charge is -2.31. The number of likely N-dealkylation sites (N-methyl/N-ethyl adjacent to an activating group) is 1. The number of hydrogen-bond acceptors (Lipinski definition) is 5. The van der Waals surface area contributed by atoms with Crippen LogP contribution in [-0.2, 0) is 4.74 Å². The molecule has 0 saturated heterocycles. The van der Waals surface area contributed by atoms with E-state index in [0.717, 1.165) is 18.8 Å². The number of carbonyl (C=O) groups excluding carboxylic acids is 1. The first-order chi connectivity index (χ1) is 13.5. The summed E-state index contributed by atoms with van der Waals surface area (Å²) in [6.45, 7) is 16.6. The second-order valence-electron chi connectivity index (χ2n) is 8.57. The number of guanidine groups is 1. The molecule has 0 aromatic carbocycles. The van der Waals surface area contributed by atoms with Crippen molar-refractivity contribution < 1.29 is 13.9 Å². The predicted octanol–water partition coefficient (Wildman–Crippen LogP) is 3.13. The Hall–Kier alpha value is -2.22. The van der Waals surface area contributed by atoms with Gasteiger partial charge in [0.2, 0.25) is 0 Å². The first-order valence-corrected chi connectivity index (χ1v) is 10.2. The minimum Gasteiger partial charge on any atom is -0.468 e. The Morgan fingerprint density at radius 2 is 1.86 bits per heavy atom. The number of hydrogen-bond donors (Lipinski definition) is 3. The number of furan rings is 1. The van der Waals surface area contributed by atoms with Crippen molar-refractivity contribution in [3.8, 4) is 0 Å². The first-order valence-electron chi connectivity index (χ1n) is 10.2. The van der Waals surface area contributed by atoms with Crippen LogP contribution in [0.3, 0.4) is 0 Å². The van der Waals surface area contributed by atoms with E-state index in [9.17, 15) is 4.79 Å². The molecular weight excluding hydrogens is 370 g/mol. The zero-order valence-electron chi connectivity index (χ0n) is 19.3. The van der Waals surface area contributed by atoms with Gasteiger partial charge in [0.1, 0.15) is 11.4 Å². The fourth-order valence-electron chi connectivity index (χ4n) is 2.90. The lowest BCUT2D eigenvalue weighted by Crippen LogP contribution is -2.54. The van der Waals surface area contributed by atoms with E-state index in [1.807, 2.05) is 46.8 Å². The molecule has 3 N–H and O–H groups in total. The summed E-state index contributed by atoms with van der Waals surface area (Å²) in [5.74, 6) is 1.58. The molecule has 0 aliphatic rings. The van der Waals surface area contributed by atoms with Gasteiger partial charge in [0.15, 0.2) is 5.96 Å². The van der Waals surface area contributed by atoms with Gasteiger partial charge in [0, 0.05) is 20.1 Å². The van der Waals surface area contributed by atoms with Crippen LogP contribution in [0.25, 0.3) is 0 Å². The zero-order valence-corrected chi connectivity index (χ0v) is 19.3. The smallest absolute Gasteiger partial charge is 0.408 e. The molecule has 1 amide bonds. The molecule has 0 radical (unpaired) electrons. The molecule has 29 heavy (non-hydrogen) atoms. The molecule has 1 atom stereocenters. The van der Waals surface area contributed by atoms with Gasteiger partial charge in [-0.15, -0.1) is 0 Å². The Balaban J connectivity index is 2.63. The molecule has 0 aliphatic carbocycles. The van der Waals surface area contributed by atoms with E-state index >= 15 is 0 Å². The average Bonchev–Trinajstić information content (AvgIpc) is 3.12. The number of nitrogens with one attached hydrogen (secondary N) is 3. The SMILES string of the molecule is CCN(CC)C(CNC(=NC)NCC(C)(C)NC(=O)OC(C)(C)C)c1ccco1. The highest BCUT2D eigenvalue weighted by Gasteiger charge is 2.25. The fourth-order valence-corrected chi connectivity index (χ4v) is 2.90. The summed E-state index contributed by atoms with van der Waals surface area (Å²) >= 11 is 0. The van der Waals surface area contributed by atoms with E-state index in [-0.39, 0.29) is 6.04 Å². The third-order valence-electron chi connectivity index (χ3n) is 4.35. The van der Waals surface area contributed by atoms with E-state index in [2.05, 4.69) is 39.7 Å². The van der Waals surface area contributed by atoms with Crippen molar-refractivity contribution in [3.63, 3.8) is 0 Å². The molecular formula is C21H39N5O3. The van der Waals surface area contributed by atoms with Gasteiger partial charge in [-0.1, -0.05) is 13.8 Å². The van der Waals surface area contributed by atoms with E-state index < -0.39 is 17.2 Å². The Labute approximate surface area is 175 Å². The highest BCUT2D eigenvalue weighted by molar-refractivity contribution is 5.80. The normalized spacial score (nSPS) is 13.9. The average molecular weight is 410 g/mol. The lowest BCUT2D eigenvalue weighted by molar-refractivity contribution is 0.0474. The van der Waals surface area contributed by atoms with Crippen LogP contribution in [0.5, 0.6) is 0 Å². The summed E-state index contributed by atoms with van der Waals surface area (Å²) in [5.41, 5.74) is -1.05. The van der Waals surface area contributed by atoms with Crippen LogP contribution in [0.15, 0.2) is 27.8 Å². The summed E-state index contributed by atoms with van der Waals surface area (Å²) in [6.07, 6.45) is 1.26. The monoisotopic (exact) mass is 409 g/mol. The maximum atomic E-state index is 12.1. The van der Waals surface area contributed by atoms with Crippen LogP contribution in [-0.4, -0.2) is 61.3 Å². The molecule has 0 spiro atoms. The molecule has 0 saturated carbocycles. The van der Waals surface area contributed by atoms with Crippen molar-refractivity contribution in [2.45, 2.75) is 65.6 Å². The van der Waals surface area contributed by atoms with Crippen LogP contribution in [0.1, 0.15) is 60.3 Å². The number of alkyl carbamates (subject to hydrolysis) is 1. The first kappa shape index (κ1) is 24.8. The maximum absolute atomic E-state index is 12.1. The molecule has 0 aliphatic heterocycles. The summed E-state index contributed by atoms with van der Waals surface area (Å²) in [5, 5.41) is 9.52. The van der Waals surface area contributed by atoms with Crippen molar-refractivity contribution in [2.75, 3.05) is 33.2 Å². The molecule has 8 nitrogen and oxygen atoms in total. The van der Waals surface area contributed by atoms with Gasteiger partial charge in [-0.05, 0) is 59.8 Å². The fraction of sp³-hybridized carbons (Fsp3) is 0.714. The van der Waals surface area contributed by atoms with Crippen molar-refractivity contribution in [1.82, 2.24) is 20.9 Å². The standard InChI is InChI=1S/C21H39N5O3/c1-9-26(10-2)16(17-12-11-13-28-17)14-23-18(22-8)24-15-21(6,7)25-19(27)29-20(3,4)5/h11-13,16H,9-10,14-15H2,1-8H3,(H,25,27)(H2,22,23,24). The van der Waals surface area contributed by atoms with Gasteiger partial charge in [0.25, 0.3) is 0 Å². The summed E-state index contributed by atoms with van der Waals surface area (Å²) in [7, 11) is 1.73. The minimum absolute atomic E-state index is 0.103. The van der Waals surface area contributed by atoms with Gasteiger partial charge < -0.3 is 25.1 Å². The summed E-state index contributed by atoms with van der Waals surface area (Å²) in [4.78, 5) is 18.7. The molecule has 1 rings (SSSR count). The second-order valence-corrected chi connectivity index (χ2v) is 8.57. The third kappa shape index (κ3) is 9.21. The zero-order chi connectivity index (χ0) is 22.1. The maximum Gasteiger partial charge on any atom is 0.408 e. The van der Waals surface area contributed by atoms with Crippen LogP contribution in [0, 0.1) is 0 Å². The van der Waals surface area contributed by atoms with Gasteiger partial charge in [-0.25, -0.2) is 4.79 Å². The molecule has 1 heterocycles. The summed E-state index contributed by atoms with van der Waals surface area (Å²) < 4.78 is 11.0. The second kappa shape index (κ2) is 11.1. The van der Waals surface area contributed by atoms with E-state index in [4.69, 9.17) is 9.15 Å². The van der Waals surface area contributed by atoms with Crippen LogP contribution < -0.4 is 16.0 Å². The molecule has 0 bridgehead atoms. The van der Waals surface area contributed by atoms with Crippen molar-refractivity contribution in [1.29, 1.82) is 0 Å². The lowest BCUT2D eigenvalue weighted by atomic mass is 10.1. The number of ether oxygens (including phenoxy) is 1. The van der Waals surface area contributed by atoms with E-state index in [1.54, 1.807) is 13.3 Å². The minimum atomic E-state index is -0.531. The number of amides is 1. The van der Waals surface area contributed by atoms with Crippen molar-refractivity contribution >= 4 is 12.1 Å². The number of nitrogens with zero attached hydrogens (tertiary/aromatic N) is 2. The molecule has 1 unspecified atom stereocenters. The van der Waals surface area contributed by atoms with Gasteiger partial charge in [-0.3, -0.25) is 9.89 Å². The molecule has 0 fully saturated rings. The number of aliphatic imine (C=N–C) groups is 1. The predicted molar refractivity (Wildman–Crippen MR) is 117 cm³/mol. The quantitative estimate of drug-likeness (QED) is 0.429. The number of rotatable bonds is 9. The molecule has 8 heteroatoms. The highest BCUT2D eigenvalue weighted by Crippen LogP contribution is 2.20. The Kier molecular flexibility index (Phi) is 9.49. The van der Waals surface area contributed by atoms with Crippen LogP contribution >= 0.6 is 0 Å². The molecule has 166 valence electrons. The van der Waals surface area contributed by atoms with Gasteiger partial charge >= 0.3 is 6.09 Å². The van der Waals surface area contributed by atoms with E-state index in [0.29, 0.717) is 19.0 Å². The Morgan fingerprint density at radius 1 is 1.21 bits per heavy atom. The van der Waals surface area contributed by atoms with Gasteiger partial charge in [-0.2, -0.15) is 0 Å². The Bertz CT molecular complexity index is 631.